The molecule has 2 aromatic carbocycles. The first-order chi connectivity index (χ1) is 18.6. The topological polar surface area (TPSA) is 173 Å². The van der Waals surface area contributed by atoms with Crippen molar-refractivity contribution in [1.82, 2.24) is 10.6 Å². The number of amides is 2. The van der Waals surface area contributed by atoms with Gasteiger partial charge in [0.1, 0.15) is 25.0 Å². The van der Waals surface area contributed by atoms with Crippen LogP contribution in [0.15, 0.2) is 65.8 Å². The molecule has 0 fully saturated rings. The maximum Gasteiger partial charge on any atom is 0.408 e. The second-order valence-electron chi connectivity index (χ2n) is 9.34. The highest BCUT2D eigenvalue weighted by molar-refractivity contribution is 6.00. The fraction of sp³-hybridized carbons (Fsp3) is 0.370. The van der Waals surface area contributed by atoms with Gasteiger partial charge >= 0.3 is 18.0 Å². The molecule has 3 rings (SSSR count). The average molecular weight is 542 g/mol. The molecule has 208 valence electrons. The van der Waals surface area contributed by atoms with Crippen LogP contribution < -0.4 is 15.4 Å². The highest BCUT2D eigenvalue weighted by atomic mass is 16.7. The summed E-state index contributed by atoms with van der Waals surface area (Å²) in [5.74, 6) is -3.61. The Bertz CT molecular complexity index is 1190. The molecule has 39 heavy (non-hydrogen) atoms. The molecule has 0 aromatic heterocycles. The van der Waals surface area contributed by atoms with E-state index in [9.17, 15) is 24.3 Å². The lowest BCUT2D eigenvalue weighted by atomic mass is 9.89. The van der Waals surface area contributed by atoms with Gasteiger partial charge in [0.05, 0.1) is 18.2 Å². The number of ether oxygens (including phenoxy) is 2. The van der Waals surface area contributed by atoms with Gasteiger partial charge in [-0.3, -0.25) is 9.59 Å². The summed E-state index contributed by atoms with van der Waals surface area (Å²) in [6.07, 6.45) is -1.70. The number of aliphatic carboxylic acids is 2. The van der Waals surface area contributed by atoms with Gasteiger partial charge in [0.15, 0.2) is 0 Å². The molecule has 3 atom stereocenters. The van der Waals surface area contributed by atoms with Gasteiger partial charge in [0.25, 0.3) is 11.5 Å². The number of oxime groups is 1. The molecule has 0 saturated heterocycles. The van der Waals surface area contributed by atoms with E-state index in [-0.39, 0.29) is 25.6 Å². The Labute approximate surface area is 224 Å². The highest BCUT2D eigenvalue weighted by Gasteiger charge is 2.50. The maximum absolute atomic E-state index is 13.3. The van der Waals surface area contributed by atoms with E-state index < -0.39 is 48.0 Å². The number of benzene rings is 2. The van der Waals surface area contributed by atoms with Crippen molar-refractivity contribution in [3.63, 3.8) is 0 Å². The maximum atomic E-state index is 13.3. The molecule has 12 heteroatoms. The molecule has 4 N–H and O–H groups in total. The quantitative estimate of drug-likeness (QED) is 0.297. The minimum absolute atomic E-state index is 0.0535. The second kappa shape index (κ2) is 13.3. The predicted molar refractivity (Wildman–Crippen MR) is 138 cm³/mol. The van der Waals surface area contributed by atoms with Crippen molar-refractivity contribution in [2.75, 3.05) is 6.61 Å². The monoisotopic (exact) mass is 541 g/mol. The van der Waals surface area contributed by atoms with Gasteiger partial charge in [-0.2, -0.15) is 0 Å². The average Bonchev–Trinajstić information content (AvgIpc) is 3.35. The number of carboxylic acids is 2. The third kappa shape index (κ3) is 8.19. The van der Waals surface area contributed by atoms with E-state index in [4.69, 9.17) is 19.4 Å². The van der Waals surface area contributed by atoms with E-state index in [0.29, 0.717) is 11.5 Å². The van der Waals surface area contributed by atoms with E-state index in [0.717, 1.165) is 5.56 Å². The Morgan fingerprint density at radius 1 is 1.00 bits per heavy atom. The third-order valence-corrected chi connectivity index (χ3v) is 5.93. The number of carbonyl (C=O) groups excluding carboxylic acids is 2. The van der Waals surface area contributed by atoms with Gasteiger partial charge < -0.3 is 35.2 Å². The summed E-state index contributed by atoms with van der Waals surface area (Å²) >= 11 is 0. The Morgan fingerprint density at radius 3 is 2.23 bits per heavy atom. The number of alkyl carbamates (subject to hydrolysis) is 1. The summed E-state index contributed by atoms with van der Waals surface area (Å²) in [5.41, 5.74) is -0.711. The standard InChI is InChI=1S/C27H31N3O9/c1-17(2)23(29-26(36)37-15-18-9-5-3-6-10-18)21-14-27(39-30-21,16-38-19-11-7-4-8-12-19)25(35)28-20(24(33)34)13-22(31)32/h3-12,17,20,23H,13-16H2,1-2H3,(H,28,35)(H,29,36)(H,31,32)(H,33,34)/t20-,23-,27?/m0/s1. The van der Waals surface area contributed by atoms with Gasteiger partial charge in [-0.25, -0.2) is 9.59 Å². The number of hydrogen-bond donors (Lipinski definition) is 4. The lowest BCUT2D eigenvalue weighted by Gasteiger charge is -2.28. The van der Waals surface area contributed by atoms with Crippen molar-refractivity contribution >= 4 is 29.7 Å². The molecule has 2 aromatic rings. The van der Waals surface area contributed by atoms with E-state index in [1.165, 1.54) is 0 Å². The minimum Gasteiger partial charge on any atom is -0.489 e. The fourth-order valence-corrected chi connectivity index (χ4v) is 3.84. The van der Waals surface area contributed by atoms with Crippen LogP contribution in [0.3, 0.4) is 0 Å². The Morgan fingerprint density at radius 2 is 1.64 bits per heavy atom. The summed E-state index contributed by atoms with van der Waals surface area (Å²) in [6.45, 7) is 3.35. The van der Waals surface area contributed by atoms with E-state index >= 15 is 0 Å². The number of rotatable bonds is 13. The first kappa shape index (κ1) is 29.0. The van der Waals surface area contributed by atoms with Crippen LogP contribution >= 0.6 is 0 Å². The van der Waals surface area contributed by atoms with Crippen LogP contribution in [0.25, 0.3) is 0 Å². The smallest absolute Gasteiger partial charge is 0.408 e. The number of carbonyl (C=O) groups is 4. The van der Waals surface area contributed by atoms with Gasteiger partial charge in [-0.05, 0) is 23.6 Å². The van der Waals surface area contributed by atoms with E-state index in [2.05, 4.69) is 15.8 Å². The van der Waals surface area contributed by atoms with Gasteiger partial charge in [-0.1, -0.05) is 67.5 Å². The van der Waals surface area contributed by atoms with E-state index in [1.807, 2.05) is 44.2 Å². The van der Waals surface area contributed by atoms with Crippen molar-refractivity contribution in [3.8, 4) is 5.75 Å². The van der Waals surface area contributed by atoms with Crippen molar-refractivity contribution in [3.05, 3.63) is 66.2 Å². The normalized spacial score (nSPS) is 17.8. The Hall–Kier alpha value is -4.61. The van der Waals surface area contributed by atoms with Crippen LogP contribution in [-0.2, 0) is 30.6 Å². The molecule has 0 aliphatic carbocycles. The summed E-state index contributed by atoms with van der Waals surface area (Å²) in [5, 5.41) is 27.5. The summed E-state index contributed by atoms with van der Waals surface area (Å²) in [6, 6.07) is 15.3. The molecule has 1 heterocycles. The number of nitrogens with one attached hydrogen (secondary N) is 2. The molecule has 1 aliphatic rings. The molecular weight excluding hydrogens is 510 g/mol. The number of nitrogens with zero attached hydrogens (tertiary/aromatic N) is 1. The number of carboxylic acid groups (broad SMARTS) is 2. The second-order valence-corrected chi connectivity index (χ2v) is 9.34. The van der Waals surface area contributed by atoms with Gasteiger partial charge in [-0.15, -0.1) is 0 Å². The zero-order chi connectivity index (χ0) is 28.4. The highest BCUT2D eigenvalue weighted by Crippen LogP contribution is 2.29. The molecule has 0 radical (unpaired) electrons. The predicted octanol–water partition coefficient (Wildman–Crippen LogP) is 2.58. The first-order valence-corrected chi connectivity index (χ1v) is 12.2. The first-order valence-electron chi connectivity index (χ1n) is 12.2. The molecule has 1 aliphatic heterocycles. The van der Waals surface area contributed by atoms with Crippen LogP contribution in [0, 0.1) is 5.92 Å². The summed E-state index contributed by atoms with van der Waals surface area (Å²) in [7, 11) is 0. The lowest BCUT2D eigenvalue weighted by molar-refractivity contribution is -0.154. The van der Waals surface area contributed by atoms with Crippen molar-refractivity contribution in [2.24, 2.45) is 11.1 Å². The zero-order valence-electron chi connectivity index (χ0n) is 21.5. The van der Waals surface area contributed by atoms with Crippen LogP contribution in [0.2, 0.25) is 0 Å². The molecule has 1 unspecified atom stereocenters. The summed E-state index contributed by atoms with van der Waals surface area (Å²) < 4.78 is 11.1. The summed E-state index contributed by atoms with van der Waals surface area (Å²) in [4.78, 5) is 54.2. The van der Waals surface area contributed by atoms with Gasteiger partial charge in [0, 0.05) is 6.42 Å². The van der Waals surface area contributed by atoms with Crippen LogP contribution in [0.5, 0.6) is 5.75 Å². The molecular formula is C27H31N3O9. The van der Waals surface area contributed by atoms with Crippen LogP contribution in [0.1, 0.15) is 32.3 Å². The molecule has 0 saturated carbocycles. The SMILES string of the molecule is CC(C)[C@H](NC(=O)OCc1ccccc1)C1=NOC(COc2ccccc2)(C(=O)N[C@@H](CC(=O)O)C(=O)O)C1. The van der Waals surface area contributed by atoms with E-state index in [1.54, 1.807) is 30.3 Å². The minimum atomic E-state index is -1.82. The van der Waals surface area contributed by atoms with Gasteiger partial charge in [0.2, 0.25) is 0 Å². The fourth-order valence-electron chi connectivity index (χ4n) is 3.84. The van der Waals surface area contributed by atoms with Crippen molar-refractivity contribution in [2.45, 2.75) is 51.0 Å². The Balaban J connectivity index is 1.75. The molecule has 12 nitrogen and oxygen atoms in total. The molecule has 0 bridgehead atoms. The molecule has 2 amide bonds. The van der Waals surface area contributed by atoms with Crippen LogP contribution in [0.4, 0.5) is 4.79 Å². The Kier molecular flexibility index (Phi) is 9.85. The largest absolute Gasteiger partial charge is 0.489 e. The molecule has 0 spiro atoms. The van der Waals surface area contributed by atoms with Crippen molar-refractivity contribution < 1.29 is 43.7 Å². The third-order valence-electron chi connectivity index (χ3n) is 5.93. The number of hydrogen-bond acceptors (Lipinski definition) is 8. The lowest BCUT2D eigenvalue weighted by Crippen LogP contribution is -2.56. The zero-order valence-corrected chi connectivity index (χ0v) is 21.5. The van der Waals surface area contributed by atoms with Crippen LogP contribution in [-0.4, -0.2) is 64.2 Å². The van der Waals surface area contributed by atoms with Crippen molar-refractivity contribution in [1.29, 1.82) is 0 Å². The number of para-hydroxylation sites is 1.